The monoisotopic (exact) mass is 253 g/mol. The van der Waals surface area contributed by atoms with Crippen LogP contribution in [0.25, 0.3) is 6.08 Å². The van der Waals surface area contributed by atoms with Gasteiger partial charge < -0.3 is 5.41 Å². The second-order valence-electron chi connectivity index (χ2n) is 6.34. The van der Waals surface area contributed by atoms with Crippen LogP contribution in [0.15, 0.2) is 11.6 Å². The molecule has 1 saturated carbocycles. The fraction of sp³-hybridized carbons (Fsp3) is 0.500. The maximum absolute atomic E-state index is 7.83. The second-order valence-corrected chi connectivity index (χ2v) is 6.34. The van der Waals surface area contributed by atoms with Gasteiger partial charge in [-0.25, -0.2) is 0 Å². The van der Waals surface area contributed by atoms with Gasteiger partial charge in [-0.3, -0.25) is 0 Å². The quantitative estimate of drug-likeness (QED) is 0.744. The van der Waals surface area contributed by atoms with Gasteiger partial charge in [-0.15, -0.1) is 0 Å². The predicted octanol–water partition coefficient (Wildman–Crippen LogP) is 4.86. The van der Waals surface area contributed by atoms with Gasteiger partial charge in [0.25, 0.3) is 0 Å². The van der Waals surface area contributed by atoms with E-state index in [9.17, 15) is 0 Å². The third kappa shape index (κ3) is 2.16. The van der Waals surface area contributed by atoms with Crippen molar-refractivity contribution < 1.29 is 0 Å². The summed E-state index contributed by atoms with van der Waals surface area (Å²) in [6, 6.07) is 2.37. The van der Waals surface area contributed by atoms with E-state index in [1.165, 1.54) is 52.7 Å². The number of benzene rings is 1. The Morgan fingerprint density at radius 1 is 1.26 bits per heavy atom. The molecule has 2 aliphatic carbocycles. The molecule has 1 nitrogen and oxygen atoms in total. The molecule has 19 heavy (non-hydrogen) atoms. The van der Waals surface area contributed by atoms with Crippen molar-refractivity contribution in [1.82, 2.24) is 0 Å². The Balaban J connectivity index is 2.14. The number of aryl methyl sites for hydroxylation is 1. The summed E-state index contributed by atoms with van der Waals surface area (Å²) in [4.78, 5) is 0. The molecule has 0 heterocycles. The van der Waals surface area contributed by atoms with Crippen LogP contribution in [0.1, 0.15) is 66.8 Å². The zero-order valence-corrected chi connectivity index (χ0v) is 12.2. The highest BCUT2D eigenvalue weighted by molar-refractivity contribution is 5.88. The molecule has 2 aliphatic rings. The van der Waals surface area contributed by atoms with Crippen LogP contribution in [0.3, 0.4) is 0 Å². The lowest BCUT2D eigenvalue weighted by Crippen LogP contribution is -2.00. The highest BCUT2D eigenvalue weighted by Gasteiger charge is 2.25. The van der Waals surface area contributed by atoms with E-state index in [2.05, 4.69) is 32.9 Å². The molecular weight excluding hydrogens is 230 g/mol. The van der Waals surface area contributed by atoms with Gasteiger partial charge in [0.1, 0.15) is 0 Å². The van der Waals surface area contributed by atoms with E-state index in [4.69, 9.17) is 5.41 Å². The molecule has 0 unspecified atom stereocenters. The topological polar surface area (TPSA) is 23.9 Å². The first kappa shape index (κ1) is 12.7. The Morgan fingerprint density at radius 2 is 2.00 bits per heavy atom. The van der Waals surface area contributed by atoms with Crippen LogP contribution in [0.2, 0.25) is 0 Å². The lowest BCUT2D eigenvalue weighted by atomic mass is 9.90. The molecule has 0 radical (unpaired) electrons. The van der Waals surface area contributed by atoms with Crippen molar-refractivity contribution in [2.24, 2.45) is 5.92 Å². The van der Waals surface area contributed by atoms with Crippen LogP contribution in [-0.4, -0.2) is 6.21 Å². The molecule has 1 aromatic carbocycles. The Hall–Kier alpha value is -1.37. The second kappa shape index (κ2) is 4.63. The molecule has 1 N–H and O–H groups in total. The van der Waals surface area contributed by atoms with Crippen molar-refractivity contribution in [1.29, 1.82) is 5.41 Å². The molecule has 0 spiro atoms. The van der Waals surface area contributed by atoms with E-state index in [0.717, 1.165) is 12.3 Å². The van der Waals surface area contributed by atoms with Crippen molar-refractivity contribution >= 4 is 12.3 Å². The number of nitrogens with one attached hydrogen (secondary N) is 1. The van der Waals surface area contributed by atoms with E-state index >= 15 is 0 Å². The molecule has 100 valence electrons. The van der Waals surface area contributed by atoms with E-state index in [0.29, 0.717) is 5.92 Å². The van der Waals surface area contributed by atoms with Crippen molar-refractivity contribution in [3.8, 4) is 0 Å². The fourth-order valence-electron chi connectivity index (χ4n) is 3.40. The van der Waals surface area contributed by atoms with Crippen LogP contribution in [-0.2, 0) is 6.42 Å². The minimum atomic E-state index is 0.662. The highest BCUT2D eigenvalue weighted by atomic mass is 14.4. The first-order chi connectivity index (χ1) is 9.11. The molecule has 0 aromatic heterocycles. The summed E-state index contributed by atoms with van der Waals surface area (Å²) in [5, 5.41) is 7.83. The Labute approximate surface area is 116 Å². The first-order valence-electron chi connectivity index (χ1n) is 7.47. The van der Waals surface area contributed by atoms with Crippen LogP contribution in [0.4, 0.5) is 0 Å². The van der Waals surface area contributed by atoms with Gasteiger partial charge in [-0.1, -0.05) is 24.6 Å². The van der Waals surface area contributed by atoms with Gasteiger partial charge in [0.15, 0.2) is 0 Å². The summed E-state index contributed by atoms with van der Waals surface area (Å²) in [6.07, 6.45) is 9.01. The number of fused-ring (bicyclic) bond motifs is 1. The maximum atomic E-state index is 7.83. The van der Waals surface area contributed by atoms with E-state index in [1.54, 1.807) is 6.21 Å². The van der Waals surface area contributed by atoms with Crippen molar-refractivity contribution in [2.75, 3.05) is 0 Å². The van der Waals surface area contributed by atoms with Gasteiger partial charge in [0, 0.05) is 11.8 Å². The third-order valence-electron chi connectivity index (χ3n) is 4.86. The summed E-state index contributed by atoms with van der Waals surface area (Å²) in [7, 11) is 0. The van der Waals surface area contributed by atoms with Crippen LogP contribution in [0, 0.1) is 18.3 Å². The van der Waals surface area contributed by atoms with Gasteiger partial charge in [0.05, 0.1) is 0 Å². The lowest BCUT2D eigenvalue weighted by molar-refractivity contribution is 0.747. The molecule has 0 bridgehead atoms. The number of allylic oxidation sites excluding steroid dienone is 1. The Morgan fingerprint density at radius 3 is 2.63 bits per heavy atom. The molecule has 1 fully saturated rings. The van der Waals surface area contributed by atoms with Gasteiger partial charge in [-0.05, 0) is 73.6 Å². The summed E-state index contributed by atoms with van der Waals surface area (Å²) in [5.41, 5.74) is 8.23. The molecule has 0 aliphatic heterocycles. The summed E-state index contributed by atoms with van der Waals surface area (Å²) < 4.78 is 0. The summed E-state index contributed by atoms with van der Waals surface area (Å²) >= 11 is 0. The van der Waals surface area contributed by atoms with E-state index in [1.807, 2.05) is 0 Å². The smallest absolute Gasteiger partial charge is 0.0259 e. The van der Waals surface area contributed by atoms with Crippen LogP contribution < -0.4 is 0 Å². The van der Waals surface area contributed by atoms with Crippen molar-refractivity contribution in [2.45, 2.75) is 52.4 Å². The van der Waals surface area contributed by atoms with Crippen molar-refractivity contribution in [3.63, 3.8) is 0 Å². The summed E-state index contributed by atoms with van der Waals surface area (Å²) in [5.74, 6) is 1.47. The predicted molar refractivity (Wildman–Crippen MR) is 82.2 cm³/mol. The minimum Gasteiger partial charge on any atom is -0.308 e. The highest BCUT2D eigenvalue weighted by Crippen LogP contribution is 2.40. The normalized spacial score (nSPS) is 22.5. The van der Waals surface area contributed by atoms with Gasteiger partial charge >= 0.3 is 0 Å². The average Bonchev–Trinajstić information content (AvgIpc) is 3.17. The van der Waals surface area contributed by atoms with Crippen molar-refractivity contribution in [3.05, 3.63) is 39.5 Å². The van der Waals surface area contributed by atoms with E-state index < -0.39 is 0 Å². The number of hydrogen-bond acceptors (Lipinski definition) is 1. The zero-order valence-electron chi connectivity index (χ0n) is 12.2. The number of rotatable bonds is 3. The molecular formula is C18H23N. The third-order valence-corrected chi connectivity index (χ3v) is 4.86. The maximum Gasteiger partial charge on any atom is 0.0259 e. The van der Waals surface area contributed by atoms with Gasteiger partial charge in [0.2, 0.25) is 0 Å². The van der Waals surface area contributed by atoms with Crippen LogP contribution in [0.5, 0.6) is 0 Å². The largest absolute Gasteiger partial charge is 0.308 e. The molecule has 0 amide bonds. The summed E-state index contributed by atoms with van der Waals surface area (Å²) in [6.45, 7) is 6.76. The molecule has 1 atom stereocenters. The lowest BCUT2D eigenvalue weighted by Gasteiger charge is -2.14. The SMILES string of the molecule is C/C(=C\c1c(C)cc2c(c1C=N)CC[C@H]2C)C1CC1. The minimum absolute atomic E-state index is 0.662. The first-order valence-corrected chi connectivity index (χ1v) is 7.47. The zero-order chi connectivity index (χ0) is 13.6. The molecule has 3 rings (SSSR count). The molecule has 1 heteroatoms. The van der Waals surface area contributed by atoms with Gasteiger partial charge in [-0.2, -0.15) is 0 Å². The Bertz CT molecular complexity index is 562. The Kier molecular flexibility index (Phi) is 3.08. The van der Waals surface area contributed by atoms with E-state index in [-0.39, 0.29) is 0 Å². The standard InChI is InChI=1S/C18H23N/c1-11-4-7-15-16(11)9-13(3)17(18(15)10-19)8-12(2)14-5-6-14/h8-11,14,19H,4-7H2,1-3H3/b12-8+,19-10?/t11-/m1/s1. The fourth-order valence-corrected chi connectivity index (χ4v) is 3.40. The number of hydrogen-bond donors (Lipinski definition) is 1. The van der Waals surface area contributed by atoms with Crippen LogP contribution >= 0.6 is 0 Å². The average molecular weight is 253 g/mol. The molecule has 0 saturated heterocycles. The molecule has 1 aromatic rings.